The molecule has 9 heteroatoms. The summed E-state index contributed by atoms with van der Waals surface area (Å²) in [5.41, 5.74) is 4.56. The van der Waals surface area contributed by atoms with Crippen LogP contribution >= 0.6 is 11.3 Å². The smallest absolute Gasteiger partial charge is 0.329 e. The zero-order valence-corrected chi connectivity index (χ0v) is 22.6. The van der Waals surface area contributed by atoms with Crippen molar-refractivity contribution in [2.75, 3.05) is 13.7 Å². The highest BCUT2D eigenvalue weighted by Crippen LogP contribution is 2.30. The van der Waals surface area contributed by atoms with Crippen molar-refractivity contribution in [2.45, 2.75) is 32.9 Å². The predicted octanol–water partition coefficient (Wildman–Crippen LogP) is 4.83. The summed E-state index contributed by atoms with van der Waals surface area (Å²) in [7, 11) is 1.62. The van der Waals surface area contributed by atoms with Gasteiger partial charge in [-0.2, -0.15) is 0 Å². The summed E-state index contributed by atoms with van der Waals surface area (Å²) in [5, 5.41) is 15.4. The number of carbonyl (C=O) groups excluding carboxylic acids is 1. The number of methoxy groups -OCH3 is 1. The lowest BCUT2D eigenvalue weighted by atomic mass is 10.1. The van der Waals surface area contributed by atoms with Crippen molar-refractivity contribution in [2.24, 2.45) is 0 Å². The second kappa shape index (κ2) is 11.2. The number of fused-ring (bicyclic) bond motifs is 2. The van der Waals surface area contributed by atoms with Crippen LogP contribution in [0.2, 0.25) is 0 Å². The van der Waals surface area contributed by atoms with E-state index in [2.05, 4.69) is 29.8 Å². The highest BCUT2D eigenvalue weighted by atomic mass is 32.1. The molecule has 0 radical (unpaired) electrons. The summed E-state index contributed by atoms with van der Waals surface area (Å²) in [4.78, 5) is 37.8. The summed E-state index contributed by atoms with van der Waals surface area (Å²) in [6, 6.07) is 19.0. The fourth-order valence-corrected chi connectivity index (χ4v) is 5.91. The van der Waals surface area contributed by atoms with Gasteiger partial charge in [-0.05, 0) is 71.8 Å². The first-order valence-electron chi connectivity index (χ1n) is 12.7. The van der Waals surface area contributed by atoms with Crippen LogP contribution in [-0.2, 0) is 24.3 Å². The number of aryl methyl sites for hydroxylation is 2. The number of hydrogen-bond acceptors (Lipinski definition) is 5. The Kier molecular flexibility index (Phi) is 7.51. The molecule has 5 rings (SSSR count). The largest absolute Gasteiger partial charge is 0.497 e. The van der Waals surface area contributed by atoms with E-state index in [4.69, 9.17) is 4.74 Å². The minimum absolute atomic E-state index is 0.0175. The number of thiophene rings is 1. The summed E-state index contributed by atoms with van der Waals surface area (Å²) in [6.45, 7) is 2.87. The molecule has 5 aromatic rings. The van der Waals surface area contributed by atoms with E-state index in [1.54, 1.807) is 41.2 Å². The van der Waals surface area contributed by atoms with Crippen LogP contribution in [-0.4, -0.2) is 39.8 Å². The molecule has 1 amide bonds. The zero-order chi connectivity index (χ0) is 27.5. The minimum atomic E-state index is -0.991. The number of nitrogens with zero attached hydrogens (tertiary/aromatic N) is 2. The lowest BCUT2D eigenvalue weighted by Crippen LogP contribution is -2.26. The number of carboxylic acids is 1. The molecule has 2 heterocycles. The SMILES string of the molecule is COc1ccc(CCNC(=O)c2ccc3c(c2)n(CCC(=O)O)c(=O)n3Cc2csc3cccc(C)c23)cc1. The molecule has 39 heavy (non-hydrogen) atoms. The maximum Gasteiger partial charge on any atom is 0.329 e. The van der Waals surface area contributed by atoms with Crippen molar-refractivity contribution in [3.63, 3.8) is 0 Å². The zero-order valence-electron chi connectivity index (χ0n) is 21.8. The first-order valence-corrected chi connectivity index (χ1v) is 13.6. The molecule has 3 aromatic carbocycles. The quantitative estimate of drug-likeness (QED) is 0.263. The Bertz CT molecular complexity index is 1730. The van der Waals surface area contributed by atoms with Gasteiger partial charge in [-0.1, -0.05) is 24.3 Å². The number of carbonyl (C=O) groups is 2. The minimum Gasteiger partial charge on any atom is -0.497 e. The summed E-state index contributed by atoms with van der Waals surface area (Å²) in [6.07, 6.45) is 0.462. The van der Waals surface area contributed by atoms with Crippen LogP contribution in [0.25, 0.3) is 21.1 Å². The third-order valence-electron chi connectivity index (χ3n) is 6.90. The second-order valence-electron chi connectivity index (χ2n) is 9.43. The normalized spacial score (nSPS) is 11.2. The Hall–Kier alpha value is -4.37. The molecule has 0 saturated carbocycles. The lowest BCUT2D eigenvalue weighted by molar-refractivity contribution is -0.137. The maximum atomic E-state index is 13.5. The van der Waals surface area contributed by atoms with Gasteiger partial charge in [0.05, 0.1) is 31.1 Å². The van der Waals surface area contributed by atoms with Crippen molar-refractivity contribution < 1.29 is 19.4 Å². The van der Waals surface area contributed by atoms with E-state index in [9.17, 15) is 19.5 Å². The van der Waals surface area contributed by atoms with Crippen molar-refractivity contribution in [3.05, 3.63) is 98.8 Å². The van der Waals surface area contributed by atoms with Crippen molar-refractivity contribution in [1.29, 1.82) is 0 Å². The highest BCUT2D eigenvalue weighted by Gasteiger charge is 2.18. The molecule has 0 aliphatic rings. The van der Waals surface area contributed by atoms with Gasteiger partial charge in [-0.3, -0.25) is 18.7 Å². The standard InChI is InChI=1S/C30H29N3O5S/c1-19-4-3-5-26-28(19)22(18-39-26)17-33-24-11-8-21(16-25(24)32(30(33)37)15-13-27(34)35)29(36)31-14-12-20-6-9-23(38-2)10-7-20/h3-11,16,18H,12-15,17H2,1-2H3,(H,31,36)(H,34,35). The molecule has 8 nitrogen and oxygen atoms in total. The van der Waals surface area contributed by atoms with Crippen LogP contribution in [0.3, 0.4) is 0 Å². The summed E-state index contributed by atoms with van der Waals surface area (Å²) in [5.74, 6) is -0.469. The number of aromatic nitrogens is 2. The number of imidazole rings is 1. The van der Waals surface area contributed by atoms with E-state index in [1.165, 1.54) is 4.57 Å². The van der Waals surface area contributed by atoms with Crippen molar-refractivity contribution in [1.82, 2.24) is 14.5 Å². The Morgan fingerprint density at radius 1 is 1.03 bits per heavy atom. The number of amides is 1. The highest BCUT2D eigenvalue weighted by molar-refractivity contribution is 7.17. The second-order valence-corrected chi connectivity index (χ2v) is 10.3. The molecule has 0 unspecified atom stereocenters. The average Bonchev–Trinajstić information content (AvgIpc) is 3.46. The lowest BCUT2D eigenvalue weighted by Gasteiger charge is -2.08. The molecular formula is C30H29N3O5S. The van der Waals surface area contributed by atoms with E-state index >= 15 is 0 Å². The first kappa shape index (κ1) is 26.2. The van der Waals surface area contributed by atoms with E-state index in [0.717, 1.165) is 32.5 Å². The summed E-state index contributed by atoms with van der Waals surface area (Å²) >= 11 is 1.63. The predicted molar refractivity (Wildman–Crippen MR) is 153 cm³/mol. The van der Waals surface area contributed by atoms with E-state index in [1.807, 2.05) is 30.3 Å². The van der Waals surface area contributed by atoms with Crippen LogP contribution in [0.4, 0.5) is 0 Å². The fourth-order valence-electron chi connectivity index (χ4n) is 4.88. The average molecular weight is 544 g/mol. The summed E-state index contributed by atoms with van der Waals surface area (Å²) < 4.78 is 9.45. The van der Waals surface area contributed by atoms with Gasteiger partial charge < -0.3 is 15.2 Å². The molecular weight excluding hydrogens is 514 g/mol. The van der Waals surface area contributed by atoms with Gasteiger partial charge in [0.1, 0.15) is 5.75 Å². The van der Waals surface area contributed by atoms with Gasteiger partial charge in [0.15, 0.2) is 0 Å². The number of rotatable bonds is 10. The first-order chi connectivity index (χ1) is 18.9. The fraction of sp³-hybridized carbons (Fsp3) is 0.233. The third kappa shape index (κ3) is 5.44. The van der Waals surface area contributed by atoms with Crippen LogP contribution in [0.1, 0.15) is 33.5 Å². The number of carboxylic acid groups (broad SMARTS) is 1. The number of nitrogens with one attached hydrogen (secondary N) is 1. The van der Waals surface area contributed by atoms with Gasteiger partial charge in [-0.15, -0.1) is 11.3 Å². The van der Waals surface area contributed by atoms with Gasteiger partial charge in [-0.25, -0.2) is 4.79 Å². The number of hydrogen-bond donors (Lipinski definition) is 2. The molecule has 0 atom stereocenters. The maximum absolute atomic E-state index is 13.5. The molecule has 2 aromatic heterocycles. The Labute approximate surface area is 229 Å². The molecule has 0 saturated heterocycles. The number of benzene rings is 3. The van der Waals surface area contributed by atoms with Crippen molar-refractivity contribution >= 4 is 44.3 Å². The van der Waals surface area contributed by atoms with Gasteiger partial charge >= 0.3 is 11.7 Å². The van der Waals surface area contributed by atoms with Crippen LogP contribution in [0.15, 0.2) is 70.8 Å². The molecule has 0 bridgehead atoms. The Balaban J connectivity index is 1.43. The number of aliphatic carboxylic acids is 1. The monoisotopic (exact) mass is 543 g/mol. The van der Waals surface area contributed by atoms with Gasteiger partial charge in [0, 0.05) is 28.7 Å². The molecule has 0 aliphatic heterocycles. The molecule has 0 spiro atoms. The van der Waals surface area contributed by atoms with E-state index in [0.29, 0.717) is 36.1 Å². The topological polar surface area (TPSA) is 103 Å². The van der Waals surface area contributed by atoms with Gasteiger partial charge in [0.25, 0.3) is 5.91 Å². The molecule has 0 fully saturated rings. The number of ether oxygens (including phenoxy) is 1. The van der Waals surface area contributed by atoms with E-state index in [-0.39, 0.29) is 24.6 Å². The van der Waals surface area contributed by atoms with Gasteiger partial charge in [0.2, 0.25) is 0 Å². The molecule has 0 aliphatic carbocycles. The molecule has 200 valence electrons. The van der Waals surface area contributed by atoms with Crippen LogP contribution in [0, 0.1) is 6.92 Å². The van der Waals surface area contributed by atoms with Crippen molar-refractivity contribution in [3.8, 4) is 5.75 Å². The third-order valence-corrected chi connectivity index (χ3v) is 7.90. The van der Waals surface area contributed by atoms with E-state index < -0.39 is 5.97 Å². The van der Waals surface area contributed by atoms with Crippen LogP contribution < -0.4 is 15.7 Å². The molecule has 2 N–H and O–H groups in total. The van der Waals surface area contributed by atoms with Crippen LogP contribution in [0.5, 0.6) is 5.75 Å². The Morgan fingerprint density at radius 3 is 2.56 bits per heavy atom. The Morgan fingerprint density at radius 2 is 1.82 bits per heavy atom.